The molecule has 1 atom stereocenters. The molecule has 1 aliphatic carbocycles. The minimum atomic E-state index is 0.283. The summed E-state index contributed by atoms with van der Waals surface area (Å²) in [4.78, 5) is 0. The van der Waals surface area contributed by atoms with E-state index in [-0.39, 0.29) is 11.5 Å². The summed E-state index contributed by atoms with van der Waals surface area (Å²) < 4.78 is 5.29. The maximum Gasteiger partial charge on any atom is 0.0583 e. The van der Waals surface area contributed by atoms with Crippen LogP contribution in [0.2, 0.25) is 0 Å². The zero-order valence-corrected chi connectivity index (χ0v) is 10.9. The van der Waals surface area contributed by atoms with Crippen molar-refractivity contribution in [1.29, 1.82) is 0 Å². The molecule has 2 heteroatoms. The van der Waals surface area contributed by atoms with Gasteiger partial charge in [0.05, 0.1) is 6.10 Å². The van der Waals surface area contributed by atoms with Gasteiger partial charge in [-0.25, -0.2) is 0 Å². The van der Waals surface area contributed by atoms with Gasteiger partial charge < -0.3 is 10.5 Å². The third-order valence-corrected chi connectivity index (χ3v) is 4.19. The minimum absolute atomic E-state index is 0.283. The summed E-state index contributed by atoms with van der Waals surface area (Å²) in [6, 6.07) is 8.95. The average Bonchev–Trinajstić information content (AvgIpc) is 2.30. The van der Waals surface area contributed by atoms with Gasteiger partial charge in [0.25, 0.3) is 0 Å². The van der Waals surface area contributed by atoms with Crippen molar-refractivity contribution >= 4 is 0 Å². The van der Waals surface area contributed by atoms with E-state index in [1.165, 1.54) is 30.4 Å². The lowest BCUT2D eigenvalue weighted by Crippen LogP contribution is -2.41. The molecule has 2 nitrogen and oxygen atoms in total. The van der Waals surface area contributed by atoms with E-state index in [1.807, 2.05) is 0 Å². The predicted molar refractivity (Wildman–Crippen MR) is 71.2 cm³/mol. The van der Waals surface area contributed by atoms with Crippen molar-refractivity contribution in [2.24, 2.45) is 5.73 Å². The molecule has 0 amide bonds. The van der Waals surface area contributed by atoms with E-state index >= 15 is 0 Å². The highest BCUT2D eigenvalue weighted by molar-refractivity contribution is 5.32. The largest absolute Gasteiger partial charge is 0.381 e. The van der Waals surface area contributed by atoms with Crippen LogP contribution in [0.25, 0.3) is 0 Å². The van der Waals surface area contributed by atoms with E-state index in [0.29, 0.717) is 0 Å². The van der Waals surface area contributed by atoms with Crippen molar-refractivity contribution in [3.05, 3.63) is 35.4 Å². The van der Waals surface area contributed by atoms with Crippen LogP contribution in [-0.4, -0.2) is 19.8 Å². The molecule has 0 bridgehead atoms. The molecule has 0 heterocycles. The Labute approximate surface area is 104 Å². The average molecular weight is 233 g/mol. The van der Waals surface area contributed by atoms with Gasteiger partial charge in [0.1, 0.15) is 0 Å². The Morgan fingerprint density at radius 2 is 1.94 bits per heavy atom. The highest BCUT2D eigenvalue weighted by Crippen LogP contribution is 2.42. The second-order valence-corrected chi connectivity index (χ2v) is 5.29. The summed E-state index contributed by atoms with van der Waals surface area (Å²) in [6.07, 6.45) is 5.08. The van der Waals surface area contributed by atoms with Crippen LogP contribution in [0.1, 0.15) is 37.3 Å². The minimum Gasteiger partial charge on any atom is -0.381 e. The topological polar surface area (TPSA) is 35.2 Å². The highest BCUT2D eigenvalue weighted by atomic mass is 16.5. The first-order valence-corrected chi connectivity index (χ1v) is 6.52. The first kappa shape index (κ1) is 12.6. The number of hydrogen-bond acceptors (Lipinski definition) is 2. The van der Waals surface area contributed by atoms with Gasteiger partial charge in [-0.1, -0.05) is 30.7 Å². The van der Waals surface area contributed by atoms with Crippen molar-refractivity contribution in [1.82, 2.24) is 0 Å². The van der Waals surface area contributed by atoms with Gasteiger partial charge in [0.2, 0.25) is 0 Å². The summed E-state index contributed by atoms with van der Waals surface area (Å²) in [5.41, 5.74) is 8.96. The fourth-order valence-corrected chi connectivity index (χ4v) is 2.62. The third-order valence-electron chi connectivity index (χ3n) is 4.19. The van der Waals surface area contributed by atoms with E-state index < -0.39 is 0 Å². The standard InChI is InChI=1S/C15H23NO/c1-12(17-2)10-13-4-6-14(7-5-13)15(11-16)8-3-9-15/h4-7,12H,3,8-11,16H2,1-2H3. The van der Waals surface area contributed by atoms with E-state index in [0.717, 1.165) is 13.0 Å². The smallest absolute Gasteiger partial charge is 0.0583 e. The van der Waals surface area contributed by atoms with Crippen molar-refractivity contribution in [3.63, 3.8) is 0 Å². The molecule has 2 N–H and O–H groups in total. The molecule has 1 aromatic rings. The Balaban J connectivity index is 2.07. The lowest BCUT2D eigenvalue weighted by atomic mass is 9.64. The summed E-state index contributed by atoms with van der Waals surface area (Å²) in [5, 5.41) is 0. The number of rotatable bonds is 5. The van der Waals surface area contributed by atoms with Gasteiger partial charge >= 0.3 is 0 Å². The van der Waals surface area contributed by atoms with Crippen LogP contribution in [0.15, 0.2) is 24.3 Å². The van der Waals surface area contributed by atoms with Gasteiger partial charge in [-0.2, -0.15) is 0 Å². The Kier molecular flexibility index (Phi) is 3.85. The van der Waals surface area contributed by atoms with E-state index in [9.17, 15) is 0 Å². The molecule has 94 valence electrons. The molecule has 1 aliphatic rings. The summed E-state index contributed by atoms with van der Waals surface area (Å²) in [5.74, 6) is 0. The summed E-state index contributed by atoms with van der Waals surface area (Å²) >= 11 is 0. The lowest BCUT2D eigenvalue weighted by Gasteiger charge is -2.41. The van der Waals surface area contributed by atoms with Crippen LogP contribution < -0.4 is 5.73 Å². The molecule has 1 fully saturated rings. The highest BCUT2D eigenvalue weighted by Gasteiger charge is 2.36. The van der Waals surface area contributed by atoms with Crippen molar-refractivity contribution in [3.8, 4) is 0 Å². The molecule has 0 spiro atoms. The Hall–Kier alpha value is -0.860. The number of methoxy groups -OCH3 is 1. The molecular weight excluding hydrogens is 210 g/mol. The first-order chi connectivity index (χ1) is 8.20. The lowest BCUT2D eigenvalue weighted by molar-refractivity contribution is 0.119. The van der Waals surface area contributed by atoms with E-state index in [4.69, 9.17) is 10.5 Å². The molecule has 17 heavy (non-hydrogen) atoms. The summed E-state index contributed by atoms with van der Waals surface area (Å²) in [6.45, 7) is 2.88. The normalized spacial score (nSPS) is 19.7. The quantitative estimate of drug-likeness (QED) is 0.848. The number of hydrogen-bond donors (Lipinski definition) is 1. The molecule has 2 rings (SSSR count). The van der Waals surface area contributed by atoms with Gasteiger partial charge in [0.15, 0.2) is 0 Å². The monoisotopic (exact) mass is 233 g/mol. The molecule has 0 aromatic heterocycles. The fraction of sp³-hybridized carbons (Fsp3) is 0.600. The molecule has 1 saturated carbocycles. The molecule has 0 radical (unpaired) electrons. The Bertz CT molecular complexity index is 348. The van der Waals surface area contributed by atoms with Gasteiger partial charge in [-0.3, -0.25) is 0 Å². The molecule has 0 saturated heterocycles. The number of nitrogens with two attached hydrogens (primary N) is 1. The van der Waals surface area contributed by atoms with Gasteiger partial charge in [-0.15, -0.1) is 0 Å². The van der Waals surface area contributed by atoms with Crippen molar-refractivity contribution in [2.75, 3.05) is 13.7 Å². The van der Waals surface area contributed by atoms with Crippen molar-refractivity contribution in [2.45, 2.75) is 44.1 Å². The van der Waals surface area contributed by atoms with Crippen LogP contribution in [0, 0.1) is 0 Å². The van der Waals surface area contributed by atoms with Gasteiger partial charge in [-0.05, 0) is 37.3 Å². The second kappa shape index (κ2) is 5.19. The van der Waals surface area contributed by atoms with Crippen LogP contribution >= 0.6 is 0 Å². The van der Waals surface area contributed by atoms with E-state index in [1.54, 1.807) is 7.11 Å². The molecule has 0 aliphatic heterocycles. The summed E-state index contributed by atoms with van der Waals surface area (Å²) in [7, 11) is 1.76. The predicted octanol–water partition coefficient (Wildman–Crippen LogP) is 2.64. The molecule has 1 unspecified atom stereocenters. The molecule has 1 aromatic carbocycles. The zero-order valence-electron chi connectivity index (χ0n) is 10.9. The Morgan fingerprint density at radius 3 is 2.35 bits per heavy atom. The SMILES string of the molecule is COC(C)Cc1ccc(C2(CN)CCC2)cc1. The van der Waals surface area contributed by atoms with Crippen LogP contribution in [0.5, 0.6) is 0 Å². The van der Waals surface area contributed by atoms with Crippen LogP contribution in [0.4, 0.5) is 0 Å². The van der Waals surface area contributed by atoms with Crippen molar-refractivity contribution < 1.29 is 4.74 Å². The Morgan fingerprint density at radius 1 is 1.29 bits per heavy atom. The second-order valence-electron chi connectivity index (χ2n) is 5.29. The third kappa shape index (κ3) is 2.53. The van der Waals surface area contributed by atoms with E-state index in [2.05, 4.69) is 31.2 Å². The van der Waals surface area contributed by atoms with Crippen LogP contribution in [0.3, 0.4) is 0 Å². The van der Waals surface area contributed by atoms with Gasteiger partial charge in [0, 0.05) is 19.1 Å². The number of ether oxygens (including phenoxy) is 1. The maximum atomic E-state index is 5.92. The number of benzene rings is 1. The fourth-order valence-electron chi connectivity index (χ4n) is 2.62. The maximum absolute atomic E-state index is 5.92. The molecular formula is C15H23NO. The zero-order chi connectivity index (χ0) is 12.3. The van der Waals surface area contributed by atoms with Crippen LogP contribution in [-0.2, 0) is 16.6 Å². The first-order valence-electron chi connectivity index (χ1n) is 6.52.